The minimum Gasteiger partial charge on any atom is -0.344 e. The second kappa shape index (κ2) is 4.09. The van der Waals surface area contributed by atoms with Crippen molar-refractivity contribution in [3.05, 3.63) is 0 Å². The first kappa shape index (κ1) is 10.5. The lowest BCUT2D eigenvalue weighted by Gasteiger charge is -2.23. The topological polar surface area (TPSA) is 46.3 Å². The third kappa shape index (κ3) is 2.99. The number of carbonyl (C=O) groups excluding carboxylic acids is 1. The van der Waals surface area contributed by atoms with E-state index in [4.69, 9.17) is 5.73 Å². The Morgan fingerprint density at radius 2 is 2.08 bits per heavy atom. The van der Waals surface area contributed by atoms with Crippen molar-refractivity contribution >= 4 is 5.91 Å². The van der Waals surface area contributed by atoms with E-state index in [9.17, 15) is 4.79 Å². The van der Waals surface area contributed by atoms with Crippen molar-refractivity contribution in [2.24, 2.45) is 17.6 Å². The van der Waals surface area contributed by atoms with Crippen molar-refractivity contribution < 1.29 is 4.79 Å². The van der Waals surface area contributed by atoms with Crippen LogP contribution in [0.2, 0.25) is 0 Å². The third-order valence-corrected chi connectivity index (χ3v) is 2.61. The summed E-state index contributed by atoms with van der Waals surface area (Å²) in [4.78, 5) is 13.4. The fraction of sp³-hybridized carbons (Fsp3) is 0.900. The second-order valence-corrected chi connectivity index (χ2v) is 4.43. The molecule has 0 unspecified atom stereocenters. The number of hydrogen-bond acceptors (Lipinski definition) is 2. The van der Waals surface area contributed by atoms with Gasteiger partial charge < -0.3 is 10.6 Å². The van der Waals surface area contributed by atoms with Crippen molar-refractivity contribution in [2.75, 3.05) is 13.6 Å². The maximum absolute atomic E-state index is 11.6. The van der Waals surface area contributed by atoms with Gasteiger partial charge in [0, 0.05) is 13.6 Å². The highest BCUT2D eigenvalue weighted by Crippen LogP contribution is 2.29. The first-order valence-electron chi connectivity index (χ1n) is 5.03. The fourth-order valence-electron chi connectivity index (χ4n) is 1.32. The summed E-state index contributed by atoms with van der Waals surface area (Å²) in [6.07, 6.45) is 2.54. The quantitative estimate of drug-likeness (QED) is 0.703. The Bertz CT molecular complexity index is 187. The average Bonchev–Trinajstić information content (AvgIpc) is 2.85. The molecule has 0 spiro atoms. The number of nitrogens with two attached hydrogens (primary N) is 1. The lowest BCUT2D eigenvalue weighted by Crippen LogP contribution is -2.45. The van der Waals surface area contributed by atoms with Crippen LogP contribution in [0.5, 0.6) is 0 Å². The molecule has 76 valence electrons. The summed E-state index contributed by atoms with van der Waals surface area (Å²) >= 11 is 0. The van der Waals surface area contributed by atoms with Crippen LogP contribution in [0.4, 0.5) is 0 Å². The summed E-state index contributed by atoms with van der Waals surface area (Å²) in [5.74, 6) is 1.06. The number of carbonyl (C=O) groups is 1. The molecule has 3 nitrogen and oxygen atoms in total. The van der Waals surface area contributed by atoms with Gasteiger partial charge in [0.25, 0.3) is 0 Å². The molecule has 0 aliphatic heterocycles. The average molecular weight is 184 g/mol. The smallest absolute Gasteiger partial charge is 0.239 e. The highest BCUT2D eigenvalue weighted by Gasteiger charge is 2.27. The van der Waals surface area contributed by atoms with E-state index in [1.165, 1.54) is 12.8 Å². The van der Waals surface area contributed by atoms with Crippen LogP contribution in [0.1, 0.15) is 26.7 Å². The molecular formula is C10H20N2O. The highest BCUT2D eigenvalue weighted by atomic mass is 16.2. The summed E-state index contributed by atoms with van der Waals surface area (Å²) < 4.78 is 0. The summed E-state index contributed by atoms with van der Waals surface area (Å²) in [7, 11) is 1.85. The third-order valence-electron chi connectivity index (χ3n) is 2.61. The molecule has 0 aromatic carbocycles. The zero-order chi connectivity index (χ0) is 10.0. The molecular weight excluding hydrogens is 164 g/mol. The molecule has 0 aromatic rings. The minimum atomic E-state index is -0.330. The Morgan fingerprint density at radius 1 is 1.54 bits per heavy atom. The molecule has 2 N–H and O–H groups in total. The molecule has 0 bridgehead atoms. The van der Waals surface area contributed by atoms with Gasteiger partial charge in [-0.25, -0.2) is 0 Å². The molecule has 1 aliphatic rings. The van der Waals surface area contributed by atoms with Crippen molar-refractivity contribution in [2.45, 2.75) is 32.7 Å². The Kier molecular flexibility index (Phi) is 3.31. The van der Waals surface area contributed by atoms with Crippen molar-refractivity contribution in [1.82, 2.24) is 4.90 Å². The van der Waals surface area contributed by atoms with E-state index in [1.807, 2.05) is 20.9 Å². The van der Waals surface area contributed by atoms with Gasteiger partial charge in [-0.3, -0.25) is 4.79 Å². The first-order chi connectivity index (χ1) is 6.02. The Hall–Kier alpha value is -0.570. The molecule has 0 radical (unpaired) electrons. The van der Waals surface area contributed by atoms with Crippen LogP contribution in [0.25, 0.3) is 0 Å². The van der Waals surface area contributed by atoms with Crippen LogP contribution >= 0.6 is 0 Å². The highest BCUT2D eigenvalue weighted by molar-refractivity contribution is 5.81. The fourth-order valence-corrected chi connectivity index (χ4v) is 1.32. The molecule has 1 atom stereocenters. The predicted molar refractivity (Wildman–Crippen MR) is 53.2 cm³/mol. The Morgan fingerprint density at radius 3 is 2.46 bits per heavy atom. The molecule has 3 heteroatoms. The van der Waals surface area contributed by atoms with Gasteiger partial charge in [0.05, 0.1) is 6.04 Å². The van der Waals surface area contributed by atoms with E-state index >= 15 is 0 Å². The normalized spacial score (nSPS) is 18.8. The van der Waals surface area contributed by atoms with Gasteiger partial charge in [-0.1, -0.05) is 13.8 Å². The van der Waals surface area contributed by atoms with Gasteiger partial charge >= 0.3 is 0 Å². The maximum atomic E-state index is 11.6. The molecule has 1 amide bonds. The summed E-state index contributed by atoms with van der Waals surface area (Å²) in [6.45, 7) is 4.85. The summed E-state index contributed by atoms with van der Waals surface area (Å²) in [6, 6.07) is -0.330. The number of rotatable bonds is 4. The van der Waals surface area contributed by atoms with Crippen LogP contribution in [0.15, 0.2) is 0 Å². The first-order valence-corrected chi connectivity index (χ1v) is 5.03. The Labute approximate surface area is 80.3 Å². The van der Waals surface area contributed by atoms with Crippen LogP contribution in [0, 0.1) is 11.8 Å². The molecule has 0 saturated heterocycles. The van der Waals surface area contributed by atoms with Gasteiger partial charge in [0.2, 0.25) is 5.91 Å². The predicted octanol–water partition coefficient (Wildman–Crippen LogP) is 0.838. The molecule has 1 fully saturated rings. The van der Waals surface area contributed by atoms with Gasteiger partial charge in [0.15, 0.2) is 0 Å². The number of likely N-dealkylation sites (N-methyl/N-ethyl adjacent to an activating group) is 1. The van der Waals surface area contributed by atoms with Crippen LogP contribution in [-0.2, 0) is 4.79 Å². The molecule has 1 saturated carbocycles. The molecule has 1 aliphatic carbocycles. The zero-order valence-corrected chi connectivity index (χ0v) is 8.79. The van der Waals surface area contributed by atoms with Crippen molar-refractivity contribution in [3.63, 3.8) is 0 Å². The van der Waals surface area contributed by atoms with E-state index in [-0.39, 0.29) is 17.9 Å². The van der Waals surface area contributed by atoms with Crippen LogP contribution in [-0.4, -0.2) is 30.4 Å². The largest absolute Gasteiger partial charge is 0.344 e. The second-order valence-electron chi connectivity index (χ2n) is 4.43. The van der Waals surface area contributed by atoms with E-state index in [0.29, 0.717) is 0 Å². The zero-order valence-electron chi connectivity index (χ0n) is 8.79. The molecule has 0 heterocycles. The number of nitrogens with zero attached hydrogens (tertiary/aromatic N) is 1. The van der Waals surface area contributed by atoms with E-state index < -0.39 is 0 Å². The van der Waals surface area contributed by atoms with Gasteiger partial charge in [0.1, 0.15) is 0 Å². The monoisotopic (exact) mass is 184 g/mol. The van der Waals surface area contributed by atoms with Crippen LogP contribution in [0.3, 0.4) is 0 Å². The lowest BCUT2D eigenvalue weighted by atomic mass is 10.0. The van der Waals surface area contributed by atoms with Crippen molar-refractivity contribution in [1.29, 1.82) is 0 Å². The summed E-state index contributed by atoms with van der Waals surface area (Å²) in [5, 5.41) is 0. The lowest BCUT2D eigenvalue weighted by molar-refractivity contribution is -0.132. The van der Waals surface area contributed by atoms with E-state index in [1.54, 1.807) is 4.90 Å². The molecule has 13 heavy (non-hydrogen) atoms. The van der Waals surface area contributed by atoms with E-state index in [2.05, 4.69) is 0 Å². The van der Waals surface area contributed by atoms with Gasteiger partial charge in [-0.05, 0) is 24.7 Å². The Balaban J connectivity index is 2.35. The number of amides is 1. The van der Waals surface area contributed by atoms with Gasteiger partial charge in [-0.15, -0.1) is 0 Å². The van der Waals surface area contributed by atoms with Crippen LogP contribution < -0.4 is 5.73 Å². The number of hydrogen-bond donors (Lipinski definition) is 1. The van der Waals surface area contributed by atoms with Crippen molar-refractivity contribution in [3.8, 4) is 0 Å². The molecule has 1 rings (SSSR count). The van der Waals surface area contributed by atoms with E-state index in [0.717, 1.165) is 12.5 Å². The minimum absolute atomic E-state index is 0.0851. The maximum Gasteiger partial charge on any atom is 0.239 e. The summed E-state index contributed by atoms with van der Waals surface area (Å²) in [5.41, 5.74) is 5.77. The van der Waals surface area contributed by atoms with Gasteiger partial charge in [-0.2, -0.15) is 0 Å². The standard InChI is InChI=1S/C10H20N2O/c1-7(2)9(11)10(13)12(3)6-8-4-5-8/h7-9H,4-6,11H2,1-3H3/t9-/m1/s1. The molecule has 0 aromatic heterocycles. The SMILES string of the molecule is CC(C)[C@@H](N)C(=O)N(C)CC1CC1.